The fourth-order valence-electron chi connectivity index (χ4n) is 1.68. The molecule has 0 unspecified atom stereocenters. The Hall–Kier alpha value is -1.62. The first-order valence-corrected chi connectivity index (χ1v) is 5.25. The van der Waals surface area contributed by atoms with E-state index >= 15 is 0 Å². The largest absolute Gasteiger partial charge is 0.478 e. The summed E-state index contributed by atoms with van der Waals surface area (Å²) in [5.74, 6) is -3.50. The Morgan fingerprint density at radius 2 is 1.88 bits per heavy atom. The molecule has 5 heteroatoms. The maximum Gasteiger partial charge on any atom is 0.336 e. The van der Waals surface area contributed by atoms with Crippen molar-refractivity contribution in [1.29, 1.82) is 0 Å². The Morgan fingerprint density at radius 1 is 1.24 bits per heavy atom. The average molecular weight is 254 g/mol. The van der Waals surface area contributed by atoms with Gasteiger partial charge in [-0.2, -0.15) is 0 Å². The number of rotatable bonds is 2. The highest BCUT2D eigenvalue weighted by Crippen LogP contribution is 2.32. The molecule has 0 radical (unpaired) electrons. The van der Waals surface area contributed by atoms with Crippen molar-refractivity contribution in [2.24, 2.45) is 0 Å². The molecular weight excluding hydrogens is 246 g/mol. The topological polar surface area (TPSA) is 37.3 Å². The van der Waals surface area contributed by atoms with Crippen molar-refractivity contribution >= 4 is 24.2 Å². The van der Waals surface area contributed by atoms with Gasteiger partial charge in [-0.1, -0.05) is 12.2 Å². The van der Waals surface area contributed by atoms with Gasteiger partial charge in [0.15, 0.2) is 11.6 Å². The lowest BCUT2D eigenvalue weighted by Crippen LogP contribution is -2.04. The molecule has 0 bridgehead atoms. The van der Waals surface area contributed by atoms with E-state index in [1.807, 2.05) is 0 Å². The van der Waals surface area contributed by atoms with E-state index < -0.39 is 17.6 Å². The molecule has 0 amide bonds. The van der Waals surface area contributed by atoms with Gasteiger partial charge in [0.2, 0.25) is 0 Å². The second kappa shape index (κ2) is 4.33. The Bertz CT molecular complexity index is 562. The lowest BCUT2D eigenvalue weighted by Gasteiger charge is -2.08. The Balaban J connectivity index is 2.53. The van der Waals surface area contributed by atoms with E-state index in [1.165, 1.54) is 0 Å². The molecule has 1 N–H and O–H groups in total. The highest BCUT2D eigenvalue weighted by atomic mass is 32.1. The molecule has 0 atom stereocenters. The van der Waals surface area contributed by atoms with Crippen LogP contribution in [0.25, 0.3) is 5.57 Å². The van der Waals surface area contributed by atoms with Crippen LogP contribution in [0.3, 0.4) is 0 Å². The van der Waals surface area contributed by atoms with E-state index in [9.17, 15) is 13.6 Å². The molecule has 17 heavy (non-hydrogen) atoms. The zero-order valence-corrected chi connectivity index (χ0v) is 9.47. The maximum atomic E-state index is 13.1. The third-order valence-electron chi connectivity index (χ3n) is 2.49. The van der Waals surface area contributed by atoms with Gasteiger partial charge in [0.1, 0.15) is 0 Å². The summed E-state index contributed by atoms with van der Waals surface area (Å²) in [6, 6.07) is 1.61. The van der Waals surface area contributed by atoms with E-state index in [0.29, 0.717) is 18.1 Å². The monoisotopic (exact) mass is 254 g/mol. The summed E-state index contributed by atoms with van der Waals surface area (Å²) < 4.78 is 26.1. The summed E-state index contributed by atoms with van der Waals surface area (Å²) in [6.07, 6.45) is 3.78. The van der Waals surface area contributed by atoms with Gasteiger partial charge in [-0.15, -0.1) is 12.6 Å². The van der Waals surface area contributed by atoms with Crippen LogP contribution >= 0.6 is 12.6 Å². The van der Waals surface area contributed by atoms with Gasteiger partial charge >= 0.3 is 5.97 Å². The minimum Gasteiger partial charge on any atom is -0.478 e. The van der Waals surface area contributed by atoms with Gasteiger partial charge in [-0.25, -0.2) is 13.6 Å². The third-order valence-corrected chi connectivity index (χ3v) is 2.79. The predicted octanol–water partition coefficient (Wildman–Crippen LogP) is 3.26. The van der Waals surface area contributed by atoms with Crippen molar-refractivity contribution in [2.75, 3.05) is 0 Å². The standard InChI is InChI=1S/C12H8F2O2S/c13-10-4-8(6-1-2-7(17)3-6)9(12(15)16)5-11(10)14/h1-2,4-5,17H,3H2,(H,15,16). The lowest BCUT2D eigenvalue weighted by molar-refractivity contribution is 0.0696. The van der Waals surface area contributed by atoms with Crippen LogP contribution in [0.5, 0.6) is 0 Å². The minimum atomic E-state index is -1.28. The van der Waals surface area contributed by atoms with Crippen LogP contribution in [0.2, 0.25) is 0 Å². The summed E-state index contributed by atoms with van der Waals surface area (Å²) in [5, 5.41) is 8.95. The second-order valence-electron chi connectivity index (χ2n) is 3.64. The fourth-order valence-corrected chi connectivity index (χ4v) is 1.93. The van der Waals surface area contributed by atoms with E-state index in [4.69, 9.17) is 5.11 Å². The summed E-state index contributed by atoms with van der Waals surface area (Å²) in [7, 11) is 0. The molecule has 0 aromatic heterocycles. The quantitative estimate of drug-likeness (QED) is 0.795. The predicted molar refractivity (Wildman–Crippen MR) is 63.0 cm³/mol. The van der Waals surface area contributed by atoms with Gasteiger partial charge in [0.05, 0.1) is 5.56 Å². The van der Waals surface area contributed by atoms with Crippen LogP contribution in [-0.2, 0) is 0 Å². The molecule has 1 aromatic rings. The Labute approximate surface area is 102 Å². The second-order valence-corrected chi connectivity index (χ2v) is 4.22. The smallest absolute Gasteiger partial charge is 0.336 e. The first kappa shape index (κ1) is 11.9. The van der Waals surface area contributed by atoms with Crippen LogP contribution in [0.4, 0.5) is 8.78 Å². The van der Waals surface area contributed by atoms with E-state index in [1.54, 1.807) is 12.2 Å². The summed E-state index contributed by atoms with van der Waals surface area (Å²) in [5.41, 5.74) is 0.564. The molecule has 0 aliphatic heterocycles. The van der Waals surface area contributed by atoms with Crippen LogP contribution in [0, 0.1) is 11.6 Å². The average Bonchev–Trinajstić information content (AvgIpc) is 2.68. The van der Waals surface area contributed by atoms with Crippen molar-refractivity contribution in [3.8, 4) is 0 Å². The molecule has 0 heterocycles. The number of halogens is 2. The van der Waals surface area contributed by atoms with Crippen molar-refractivity contribution in [2.45, 2.75) is 6.42 Å². The number of allylic oxidation sites excluding steroid dienone is 4. The molecule has 1 aromatic carbocycles. The van der Waals surface area contributed by atoms with Crippen LogP contribution in [-0.4, -0.2) is 11.1 Å². The van der Waals surface area contributed by atoms with E-state index in [2.05, 4.69) is 12.6 Å². The van der Waals surface area contributed by atoms with Crippen LogP contribution < -0.4 is 0 Å². The number of carboxylic acid groups (broad SMARTS) is 1. The highest BCUT2D eigenvalue weighted by Gasteiger charge is 2.19. The van der Waals surface area contributed by atoms with E-state index in [-0.39, 0.29) is 11.1 Å². The normalized spacial score (nSPS) is 14.5. The third kappa shape index (κ3) is 2.24. The van der Waals surface area contributed by atoms with Crippen molar-refractivity contribution in [3.63, 3.8) is 0 Å². The van der Waals surface area contributed by atoms with Crippen molar-refractivity contribution in [1.82, 2.24) is 0 Å². The minimum absolute atomic E-state index is 0.191. The number of carbonyl (C=O) groups is 1. The summed E-state index contributed by atoms with van der Waals surface area (Å²) in [4.78, 5) is 11.7. The Kier molecular flexibility index (Phi) is 3.02. The van der Waals surface area contributed by atoms with E-state index in [0.717, 1.165) is 11.0 Å². The number of carboxylic acids is 1. The molecule has 1 aliphatic carbocycles. The molecule has 2 nitrogen and oxygen atoms in total. The lowest BCUT2D eigenvalue weighted by atomic mass is 9.98. The number of hydrogen-bond donors (Lipinski definition) is 2. The molecule has 2 rings (SSSR count). The molecule has 0 saturated carbocycles. The molecule has 0 saturated heterocycles. The number of aromatic carboxylic acids is 1. The van der Waals surface area contributed by atoms with Crippen LogP contribution in [0.15, 0.2) is 29.2 Å². The van der Waals surface area contributed by atoms with Gasteiger partial charge < -0.3 is 5.11 Å². The first-order valence-electron chi connectivity index (χ1n) is 4.80. The zero-order chi connectivity index (χ0) is 12.6. The summed E-state index contributed by atoms with van der Waals surface area (Å²) >= 11 is 4.13. The van der Waals surface area contributed by atoms with Gasteiger partial charge in [-0.3, -0.25) is 0 Å². The first-order chi connectivity index (χ1) is 7.99. The zero-order valence-electron chi connectivity index (χ0n) is 8.58. The van der Waals surface area contributed by atoms with Crippen LogP contribution in [0.1, 0.15) is 22.3 Å². The highest BCUT2D eigenvalue weighted by molar-refractivity contribution is 7.84. The fraction of sp³-hybridized carbons (Fsp3) is 0.0833. The van der Waals surface area contributed by atoms with Gasteiger partial charge in [0.25, 0.3) is 0 Å². The molecule has 88 valence electrons. The SMILES string of the molecule is O=C(O)c1cc(F)c(F)cc1C1=CC=C(S)C1. The number of hydrogen-bond acceptors (Lipinski definition) is 2. The molecular formula is C12H8F2O2S. The molecule has 0 spiro atoms. The summed E-state index contributed by atoms with van der Waals surface area (Å²) in [6.45, 7) is 0. The molecule has 1 aliphatic rings. The number of benzene rings is 1. The maximum absolute atomic E-state index is 13.1. The van der Waals surface area contributed by atoms with Gasteiger partial charge in [-0.05, 0) is 28.2 Å². The number of thiol groups is 1. The van der Waals surface area contributed by atoms with Gasteiger partial charge in [0, 0.05) is 6.42 Å². The molecule has 0 fully saturated rings. The Morgan fingerprint density at radius 3 is 2.41 bits per heavy atom. The van der Waals surface area contributed by atoms with Crippen molar-refractivity contribution in [3.05, 3.63) is 52.0 Å². The van der Waals surface area contributed by atoms with Crippen molar-refractivity contribution < 1.29 is 18.7 Å².